The van der Waals surface area contributed by atoms with E-state index in [4.69, 9.17) is 0 Å². The van der Waals surface area contributed by atoms with Crippen LogP contribution in [0.25, 0.3) is 0 Å². The van der Waals surface area contributed by atoms with Crippen molar-refractivity contribution in [2.75, 3.05) is 18.4 Å². The summed E-state index contributed by atoms with van der Waals surface area (Å²) in [5, 5.41) is 12.6. The maximum absolute atomic E-state index is 12.5. The monoisotopic (exact) mass is 332 g/mol. The second-order valence-electron chi connectivity index (χ2n) is 7.12. The lowest BCUT2D eigenvalue weighted by molar-refractivity contribution is -0.145. The number of likely N-dealkylation sites (tertiary alicyclic amines) is 1. The largest absolute Gasteiger partial charge is 0.391 e. The molecule has 1 heterocycles. The van der Waals surface area contributed by atoms with Crippen LogP contribution in [0.3, 0.4) is 0 Å². The number of para-hydroxylation sites is 1. The Kier molecular flexibility index (Phi) is 5.99. The van der Waals surface area contributed by atoms with E-state index in [2.05, 4.69) is 33.0 Å². The van der Waals surface area contributed by atoms with Gasteiger partial charge in [0.15, 0.2) is 0 Å². The third-order valence-electron chi connectivity index (χ3n) is 4.49. The van der Waals surface area contributed by atoms with Crippen molar-refractivity contribution in [3.8, 4) is 0 Å². The zero-order chi connectivity index (χ0) is 17.9. The minimum absolute atomic E-state index is 0.231. The molecule has 2 amide bonds. The van der Waals surface area contributed by atoms with Gasteiger partial charge in [0.2, 0.25) is 0 Å². The molecule has 1 aromatic carbocycles. The molecule has 0 bridgehead atoms. The minimum Gasteiger partial charge on any atom is -0.391 e. The molecular formula is C19H28N2O3. The molecule has 0 saturated carbocycles. The van der Waals surface area contributed by atoms with Crippen molar-refractivity contribution in [1.82, 2.24) is 4.90 Å². The highest BCUT2D eigenvalue weighted by molar-refractivity contribution is 6.39. The first-order valence-corrected chi connectivity index (χ1v) is 8.72. The van der Waals surface area contributed by atoms with Crippen LogP contribution in [0.1, 0.15) is 63.5 Å². The molecule has 5 nitrogen and oxygen atoms in total. The second-order valence-corrected chi connectivity index (χ2v) is 7.12. The summed E-state index contributed by atoms with van der Waals surface area (Å²) >= 11 is 0. The van der Waals surface area contributed by atoms with Gasteiger partial charge in [0.05, 0.1) is 6.10 Å². The van der Waals surface area contributed by atoms with Crippen LogP contribution in [0.2, 0.25) is 0 Å². The Labute approximate surface area is 144 Å². The molecule has 1 atom stereocenters. The Morgan fingerprint density at radius 3 is 2.25 bits per heavy atom. The topological polar surface area (TPSA) is 69.6 Å². The average Bonchev–Trinajstić information content (AvgIpc) is 2.53. The fourth-order valence-electron chi connectivity index (χ4n) is 3.15. The SMILES string of the molecule is CC(C)c1cccc(C(C)C)c1NC(=O)C(=O)N1CCC[C@@H](O)C1. The lowest BCUT2D eigenvalue weighted by atomic mass is 9.92. The van der Waals surface area contributed by atoms with Crippen molar-refractivity contribution >= 4 is 17.5 Å². The van der Waals surface area contributed by atoms with Crippen molar-refractivity contribution in [1.29, 1.82) is 0 Å². The number of aliphatic hydroxyl groups excluding tert-OH is 1. The number of piperidine rings is 1. The normalized spacial score (nSPS) is 18.1. The Bertz CT molecular complexity index is 584. The van der Waals surface area contributed by atoms with Gasteiger partial charge in [-0.1, -0.05) is 45.9 Å². The number of nitrogens with one attached hydrogen (secondary N) is 1. The summed E-state index contributed by atoms with van der Waals surface area (Å²) in [5.41, 5.74) is 2.81. The number of carbonyl (C=O) groups excluding carboxylic acids is 2. The molecule has 0 unspecified atom stereocenters. The highest BCUT2D eigenvalue weighted by Gasteiger charge is 2.28. The smallest absolute Gasteiger partial charge is 0.313 e. The van der Waals surface area contributed by atoms with E-state index in [1.807, 2.05) is 18.2 Å². The first-order chi connectivity index (χ1) is 11.3. The third-order valence-corrected chi connectivity index (χ3v) is 4.49. The van der Waals surface area contributed by atoms with Crippen LogP contribution in [0.5, 0.6) is 0 Å². The van der Waals surface area contributed by atoms with Gasteiger partial charge in [-0.3, -0.25) is 9.59 Å². The highest BCUT2D eigenvalue weighted by Crippen LogP contribution is 2.32. The quantitative estimate of drug-likeness (QED) is 0.836. The Morgan fingerprint density at radius 1 is 1.17 bits per heavy atom. The fraction of sp³-hybridized carbons (Fsp3) is 0.579. The molecule has 1 aliphatic heterocycles. The summed E-state index contributed by atoms with van der Waals surface area (Å²) in [5.74, 6) is -0.710. The number of anilines is 1. The molecule has 1 aliphatic rings. The van der Waals surface area contributed by atoms with E-state index in [-0.39, 0.29) is 18.4 Å². The predicted molar refractivity (Wildman–Crippen MR) is 95.1 cm³/mol. The van der Waals surface area contributed by atoms with E-state index in [0.29, 0.717) is 13.0 Å². The van der Waals surface area contributed by atoms with Gasteiger partial charge >= 0.3 is 11.8 Å². The summed E-state index contributed by atoms with van der Waals surface area (Å²) < 4.78 is 0. The minimum atomic E-state index is -0.626. The molecule has 1 fully saturated rings. The first-order valence-electron chi connectivity index (χ1n) is 8.72. The fourth-order valence-corrected chi connectivity index (χ4v) is 3.15. The number of amides is 2. The van der Waals surface area contributed by atoms with E-state index in [9.17, 15) is 14.7 Å². The maximum atomic E-state index is 12.5. The molecule has 2 N–H and O–H groups in total. The molecule has 132 valence electrons. The average molecular weight is 332 g/mol. The number of aliphatic hydroxyl groups is 1. The lowest BCUT2D eigenvalue weighted by Gasteiger charge is -2.29. The summed E-state index contributed by atoms with van der Waals surface area (Å²) in [4.78, 5) is 26.3. The van der Waals surface area contributed by atoms with Crippen LogP contribution < -0.4 is 5.32 Å². The summed E-state index contributed by atoms with van der Waals surface area (Å²) in [6.07, 6.45) is 0.865. The van der Waals surface area contributed by atoms with Crippen molar-refractivity contribution in [3.63, 3.8) is 0 Å². The van der Waals surface area contributed by atoms with Crippen LogP contribution in [0.4, 0.5) is 5.69 Å². The van der Waals surface area contributed by atoms with Gasteiger partial charge in [0.25, 0.3) is 0 Å². The summed E-state index contributed by atoms with van der Waals surface area (Å²) in [6, 6.07) is 5.96. The first kappa shape index (κ1) is 18.5. The van der Waals surface area contributed by atoms with E-state index in [1.54, 1.807) is 0 Å². The second kappa shape index (κ2) is 7.79. The van der Waals surface area contributed by atoms with Crippen molar-refractivity contribution in [3.05, 3.63) is 29.3 Å². The van der Waals surface area contributed by atoms with Gasteiger partial charge in [-0.25, -0.2) is 0 Å². The summed E-state index contributed by atoms with van der Waals surface area (Å²) in [7, 11) is 0. The van der Waals surface area contributed by atoms with Crippen molar-refractivity contribution in [2.24, 2.45) is 0 Å². The lowest BCUT2D eigenvalue weighted by Crippen LogP contribution is -2.46. The van der Waals surface area contributed by atoms with Crippen molar-refractivity contribution in [2.45, 2.75) is 58.5 Å². The molecule has 1 saturated heterocycles. The zero-order valence-electron chi connectivity index (χ0n) is 15.0. The van der Waals surface area contributed by atoms with Gasteiger partial charge in [0, 0.05) is 18.8 Å². The van der Waals surface area contributed by atoms with Crippen LogP contribution in [-0.2, 0) is 9.59 Å². The molecular weight excluding hydrogens is 304 g/mol. The van der Waals surface area contributed by atoms with Crippen LogP contribution >= 0.6 is 0 Å². The predicted octanol–water partition coefficient (Wildman–Crippen LogP) is 2.86. The molecule has 2 rings (SSSR count). The number of β-amino-alcohol motifs (C(OH)–C–C–N with tert-alkyl or cyclic N) is 1. The van der Waals surface area contributed by atoms with Gasteiger partial charge in [-0.15, -0.1) is 0 Å². The third kappa shape index (κ3) is 4.15. The number of rotatable bonds is 3. The maximum Gasteiger partial charge on any atom is 0.313 e. The molecule has 0 radical (unpaired) electrons. The van der Waals surface area contributed by atoms with Crippen LogP contribution in [0.15, 0.2) is 18.2 Å². The van der Waals surface area contributed by atoms with Gasteiger partial charge in [-0.05, 0) is 35.8 Å². The van der Waals surface area contributed by atoms with Gasteiger partial charge in [-0.2, -0.15) is 0 Å². The number of hydrogen-bond donors (Lipinski definition) is 2. The molecule has 24 heavy (non-hydrogen) atoms. The molecule has 0 aliphatic carbocycles. The van der Waals surface area contributed by atoms with Crippen molar-refractivity contribution < 1.29 is 14.7 Å². The van der Waals surface area contributed by atoms with Crippen LogP contribution in [-0.4, -0.2) is 41.0 Å². The molecule has 5 heteroatoms. The molecule has 0 aromatic heterocycles. The Balaban J connectivity index is 2.23. The Morgan fingerprint density at radius 2 is 1.75 bits per heavy atom. The number of nitrogens with zero attached hydrogens (tertiary/aromatic N) is 1. The standard InChI is InChI=1S/C19H28N2O3/c1-12(2)15-8-5-9-16(13(3)4)17(15)20-18(23)19(24)21-10-6-7-14(22)11-21/h5,8-9,12-14,22H,6-7,10-11H2,1-4H3,(H,20,23)/t14-/m1/s1. The highest BCUT2D eigenvalue weighted by atomic mass is 16.3. The Hall–Kier alpha value is -1.88. The zero-order valence-corrected chi connectivity index (χ0v) is 15.0. The molecule has 0 spiro atoms. The van der Waals surface area contributed by atoms with Crippen LogP contribution in [0, 0.1) is 0 Å². The van der Waals surface area contributed by atoms with Gasteiger partial charge < -0.3 is 15.3 Å². The van der Waals surface area contributed by atoms with E-state index >= 15 is 0 Å². The number of carbonyl (C=O) groups is 2. The van der Waals surface area contributed by atoms with Gasteiger partial charge in [0.1, 0.15) is 0 Å². The van der Waals surface area contributed by atoms with E-state index in [0.717, 1.165) is 23.2 Å². The number of hydrogen-bond acceptors (Lipinski definition) is 3. The van der Waals surface area contributed by atoms with E-state index in [1.165, 1.54) is 4.90 Å². The summed E-state index contributed by atoms with van der Waals surface area (Å²) in [6.45, 7) is 9.02. The van der Waals surface area contributed by atoms with E-state index < -0.39 is 17.9 Å². The number of benzene rings is 1. The molecule has 1 aromatic rings.